The molecule has 0 aliphatic carbocycles. The number of primary amides is 1. The average Bonchev–Trinajstić information content (AvgIpc) is 3.05. The molecule has 28 heavy (non-hydrogen) atoms. The van der Waals surface area contributed by atoms with Gasteiger partial charge in [0.05, 0.1) is 4.90 Å². The van der Waals surface area contributed by atoms with Crippen LogP contribution in [0.3, 0.4) is 0 Å². The number of carbonyl (C=O) groups is 1. The van der Waals surface area contributed by atoms with E-state index in [2.05, 4.69) is 18.4 Å². The molecule has 152 valence electrons. The van der Waals surface area contributed by atoms with Gasteiger partial charge in [-0.3, -0.25) is 0 Å². The molecule has 9 heteroatoms. The summed E-state index contributed by atoms with van der Waals surface area (Å²) >= 11 is 0. The van der Waals surface area contributed by atoms with Crippen molar-refractivity contribution in [2.45, 2.75) is 37.2 Å². The van der Waals surface area contributed by atoms with Crippen molar-refractivity contribution in [3.05, 3.63) is 41.7 Å². The van der Waals surface area contributed by atoms with Gasteiger partial charge >= 0.3 is 6.03 Å². The Balaban J connectivity index is 1.64. The number of nitrogens with two attached hydrogens (primary N) is 1. The van der Waals surface area contributed by atoms with E-state index in [0.29, 0.717) is 35.2 Å². The van der Waals surface area contributed by atoms with Crippen LogP contribution in [0.1, 0.15) is 25.3 Å². The molecule has 0 aromatic heterocycles. The maximum absolute atomic E-state index is 11.6. The van der Waals surface area contributed by atoms with Crippen LogP contribution in [0.25, 0.3) is 0 Å². The fraction of sp³-hybridized carbons (Fsp3) is 0.474. The fourth-order valence-electron chi connectivity index (χ4n) is 3.59. The van der Waals surface area contributed by atoms with E-state index in [0.717, 1.165) is 30.6 Å². The highest BCUT2D eigenvalue weighted by Crippen LogP contribution is 2.23. The second-order valence-electron chi connectivity index (χ2n) is 7.45. The summed E-state index contributed by atoms with van der Waals surface area (Å²) in [6.07, 6.45) is 6.88. The largest absolute Gasteiger partial charge is 0.376 e. The maximum Gasteiger partial charge on any atom is 0.314 e. The summed E-state index contributed by atoms with van der Waals surface area (Å²) in [5, 5.41) is 8.22. The van der Waals surface area contributed by atoms with Crippen LogP contribution in [0.5, 0.6) is 0 Å². The number of benzene rings is 1. The zero-order valence-corrected chi connectivity index (χ0v) is 17.2. The van der Waals surface area contributed by atoms with Crippen molar-refractivity contribution < 1.29 is 17.8 Å². The van der Waals surface area contributed by atoms with E-state index in [1.165, 1.54) is 6.26 Å². The predicted octanol–water partition coefficient (Wildman–Crippen LogP) is 1.40. The summed E-state index contributed by atoms with van der Waals surface area (Å²) in [6.45, 7) is 4.85. The maximum atomic E-state index is 11.6. The number of hydrogen-bond donors (Lipinski definition) is 2. The van der Waals surface area contributed by atoms with Crippen molar-refractivity contribution in [3.8, 4) is 0 Å². The van der Waals surface area contributed by atoms with Crippen LogP contribution >= 0.6 is 0 Å². The Kier molecular flexibility index (Phi) is 5.76. The first kappa shape index (κ1) is 20.3. The molecule has 1 atom stereocenters. The number of hydrogen-bond acceptors (Lipinski definition) is 5. The molecular weight excluding hydrogens is 378 g/mol. The summed E-state index contributed by atoms with van der Waals surface area (Å²) in [4.78, 5) is 13.2. The first-order chi connectivity index (χ1) is 13.2. The minimum absolute atomic E-state index is 0.291. The van der Waals surface area contributed by atoms with Crippen molar-refractivity contribution >= 4 is 22.1 Å². The molecule has 3 rings (SSSR count). The Hall–Kier alpha value is -2.39. The Morgan fingerprint density at radius 3 is 2.46 bits per heavy atom. The highest BCUT2D eigenvalue weighted by molar-refractivity contribution is 7.90. The fourth-order valence-corrected chi connectivity index (χ4v) is 4.22. The van der Waals surface area contributed by atoms with Gasteiger partial charge in [-0.15, -0.1) is 0 Å². The lowest BCUT2D eigenvalue weighted by Crippen LogP contribution is -2.46. The number of likely N-dealkylation sites (tertiary alicyclic amines) is 1. The number of allylic oxidation sites excluding steroid dienone is 1. The van der Waals surface area contributed by atoms with Crippen LogP contribution in [-0.2, 0) is 16.4 Å². The van der Waals surface area contributed by atoms with Gasteiger partial charge in [-0.2, -0.15) is 4.59 Å². The second-order valence-corrected chi connectivity index (χ2v) is 9.47. The lowest BCUT2D eigenvalue weighted by Gasteiger charge is -2.31. The Morgan fingerprint density at radius 1 is 1.29 bits per heavy atom. The minimum Gasteiger partial charge on any atom is -0.376 e. The monoisotopic (exact) mass is 406 g/mol. The topological polar surface area (TPSA) is 105 Å². The highest BCUT2D eigenvalue weighted by atomic mass is 32.2. The highest BCUT2D eigenvalue weighted by Gasteiger charge is 2.30. The Morgan fingerprint density at radius 2 is 1.93 bits per heavy atom. The van der Waals surface area contributed by atoms with Gasteiger partial charge < -0.3 is 16.0 Å². The van der Waals surface area contributed by atoms with E-state index < -0.39 is 9.84 Å². The molecule has 1 saturated heterocycles. The zero-order chi connectivity index (χ0) is 20.4. The predicted molar refractivity (Wildman–Crippen MR) is 108 cm³/mol. The van der Waals surface area contributed by atoms with Crippen molar-refractivity contribution in [2.75, 3.05) is 25.9 Å². The zero-order valence-electron chi connectivity index (χ0n) is 16.3. The molecule has 2 heterocycles. The molecule has 0 bridgehead atoms. The summed E-state index contributed by atoms with van der Waals surface area (Å²) in [5.41, 5.74) is 7.34. The van der Waals surface area contributed by atoms with Crippen LogP contribution < -0.4 is 11.1 Å². The number of nitrogens with zero attached hydrogens (tertiary/aromatic N) is 3. The van der Waals surface area contributed by atoms with E-state index in [9.17, 15) is 13.2 Å². The lowest BCUT2D eigenvalue weighted by molar-refractivity contribution is -0.895. The smallest absolute Gasteiger partial charge is 0.314 e. The van der Waals surface area contributed by atoms with E-state index in [-0.39, 0.29) is 6.03 Å². The molecule has 0 radical (unpaired) electrons. The molecule has 1 unspecified atom stereocenters. The molecule has 2 aliphatic heterocycles. The molecule has 1 aromatic rings. The van der Waals surface area contributed by atoms with Gasteiger partial charge in [0, 0.05) is 31.0 Å². The SMILES string of the molecule is CC[N+]1(Cc2ccc(S(C)(=O)=O)cc2)C=C(NC2CCN(C(N)=O)CC2)C=N1. The molecule has 0 saturated carbocycles. The van der Waals surface area contributed by atoms with Gasteiger partial charge in [-0.25, -0.2) is 13.2 Å². The third kappa shape index (κ3) is 4.71. The molecule has 8 nitrogen and oxygen atoms in total. The van der Waals surface area contributed by atoms with Crippen LogP contribution in [-0.4, -0.2) is 62.1 Å². The van der Waals surface area contributed by atoms with Crippen LogP contribution in [0.15, 0.2) is 46.2 Å². The van der Waals surface area contributed by atoms with Crippen molar-refractivity contribution in [1.82, 2.24) is 10.2 Å². The van der Waals surface area contributed by atoms with E-state index in [4.69, 9.17) is 10.8 Å². The van der Waals surface area contributed by atoms with E-state index >= 15 is 0 Å². The number of sulfone groups is 1. The van der Waals surface area contributed by atoms with Gasteiger partial charge in [0.15, 0.2) is 9.84 Å². The van der Waals surface area contributed by atoms with Crippen molar-refractivity contribution in [2.24, 2.45) is 10.8 Å². The third-order valence-corrected chi connectivity index (χ3v) is 6.47. The molecular formula is C19H28N5O3S+. The number of rotatable bonds is 6. The van der Waals surface area contributed by atoms with Crippen LogP contribution in [0.2, 0.25) is 0 Å². The lowest BCUT2D eigenvalue weighted by atomic mass is 10.1. The van der Waals surface area contributed by atoms with Gasteiger partial charge in [-0.1, -0.05) is 17.2 Å². The molecule has 2 aliphatic rings. The van der Waals surface area contributed by atoms with Gasteiger partial charge in [0.25, 0.3) is 0 Å². The summed E-state index contributed by atoms with van der Waals surface area (Å²) in [7, 11) is -3.19. The molecule has 3 N–H and O–H groups in total. The van der Waals surface area contributed by atoms with Crippen molar-refractivity contribution in [3.63, 3.8) is 0 Å². The van der Waals surface area contributed by atoms with Gasteiger partial charge in [0.1, 0.15) is 31.2 Å². The number of carbonyl (C=O) groups excluding carboxylic acids is 1. The normalized spacial score (nSPS) is 22.9. The number of amides is 2. The van der Waals surface area contributed by atoms with Gasteiger partial charge in [0.2, 0.25) is 0 Å². The Labute approximate surface area is 166 Å². The number of urea groups is 1. The number of nitrogens with one attached hydrogen (secondary N) is 1. The van der Waals surface area contributed by atoms with E-state index in [1.807, 2.05) is 18.3 Å². The summed E-state index contributed by atoms with van der Waals surface area (Å²) in [5.74, 6) is 0. The Bertz CT molecular complexity index is 887. The van der Waals surface area contributed by atoms with Crippen LogP contribution in [0.4, 0.5) is 4.79 Å². The first-order valence-electron chi connectivity index (χ1n) is 9.46. The molecule has 0 spiro atoms. The minimum atomic E-state index is -3.19. The molecule has 2 amide bonds. The summed E-state index contributed by atoms with van der Waals surface area (Å²) < 4.78 is 23.7. The number of quaternary nitrogens is 1. The van der Waals surface area contributed by atoms with E-state index in [1.54, 1.807) is 17.0 Å². The second kappa shape index (κ2) is 7.92. The summed E-state index contributed by atoms with van der Waals surface area (Å²) in [6, 6.07) is 6.92. The van der Waals surface area contributed by atoms with Crippen molar-refractivity contribution in [1.29, 1.82) is 0 Å². The average molecular weight is 407 g/mol. The first-order valence-corrected chi connectivity index (χ1v) is 11.3. The molecule has 1 aromatic carbocycles. The molecule has 1 fully saturated rings. The quantitative estimate of drug-likeness (QED) is 0.697. The van der Waals surface area contributed by atoms with Gasteiger partial charge in [-0.05, 0) is 31.9 Å². The third-order valence-electron chi connectivity index (χ3n) is 5.34. The number of piperidine rings is 1. The van der Waals surface area contributed by atoms with Crippen LogP contribution in [0, 0.1) is 0 Å². The standard InChI is InChI=1S/C19H27N5O3S/c1-3-24(13-15-4-6-18(7-5-15)28(2,26)27)14-17(12-21-24)22-16-8-10-23(11-9-16)19(20)25/h4-7,12,14,16,22H,3,8-11,13H2,1-2H3,(H-,20,25)/p+1.